The number of halogens is 1. The lowest BCUT2D eigenvalue weighted by molar-refractivity contribution is 0.563. The van der Waals surface area contributed by atoms with Crippen molar-refractivity contribution in [1.29, 1.82) is 0 Å². The largest absolute Gasteiger partial charge is 0.398 e. The van der Waals surface area contributed by atoms with Gasteiger partial charge in [0.05, 0.1) is 6.20 Å². The van der Waals surface area contributed by atoms with E-state index in [2.05, 4.69) is 5.10 Å². The van der Waals surface area contributed by atoms with Crippen molar-refractivity contribution in [1.82, 2.24) is 9.78 Å². The molecule has 2 aromatic rings. The van der Waals surface area contributed by atoms with Crippen LogP contribution in [0.4, 0.5) is 10.1 Å². The van der Waals surface area contributed by atoms with Crippen LogP contribution in [0.2, 0.25) is 0 Å². The van der Waals surface area contributed by atoms with Crippen molar-refractivity contribution in [3.63, 3.8) is 0 Å². The average Bonchev–Trinajstić information content (AvgIpc) is 2.99. The Bertz CT molecular complexity index is 543. The number of anilines is 1. The molecule has 1 fully saturated rings. The second-order valence-electron chi connectivity index (χ2n) is 4.63. The van der Waals surface area contributed by atoms with Gasteiger partial charge in [0.2, 0.25) is 0 Å². The molecule has 0 radical (unpaired) electrons. The van der Waals surface area contributed by atoms with Gasteiger partial charge in [-0.1, -0.05) is 0 Å². The highest BCUT2D eigenvalue weighted by Gasteiger charge is 2.22. The second kappa shape index (κ2) is 3.87. The van der Waals surface area contributed by atoms with Crippen molar-refractivity contribution >= 4 is 5.69 Å². The minimum absolute atomic E-state index is 0.274. The maximum Gasteiger partial charge on any atom is 0.123 e. The van der Waals surface area contributed by atoms with Crippen molar-refractivity contribution in [3.8, 4) is 11.1 Å². The molecule has 0 amide bonds. The number of aromatic nitrogens is 2. The Balaban J connectivity index is 1.91. The fourth-order valence-electron chi connectivity index (χ4n) is 1.95. The summed E-state index contributed by atoms with van der Waals surface area (Å²) in [4.78, 5) is 0. The molecule has 1 aliphatic carbocycles. The minimum Gasteiger partial charge on any atom is -0.398 e. The number of nitrogen functional groups attached to an aromatic ring is 1. The van der Waals surface area contributed by atoms with E-state index < -0.39 is 0 Å². The Labute approximate surface area is 99.1 Å². The third-order valence-corrected chi connectivity index (χ3v) is 3.10. The van der Waals surface area contributed by atoms with Gasteiger partial charge < -0.3 is 5.73 Å². The van der Waals surface area contributed by atoms with Crippen LogP contribution in [-0.2, 0) is 6.54 Å². The van der Waals surface area contributed by atoms with Gasteiger partial charge in [-0.25, -0.2) is 4.39 Å². The zero-order chi connectivity index (χ0) is 11.8. The zero-order valence-corrected chi connectivity index (χ0v) is 9.44. The molecule has 0 spiro atoms. The molecule has 1 aromatic heterocycles. The van der Waals surface area contributed by atoms with Gasteiger partial charge in [0, 0.05) is 29.6 Å². The highest BCUT2D eigenvalue weighted by atomic mass is 19.1. The first-order valence-electron chi connectivity index (χ1n) is 5.80. The first kappa shape index (κ1) is 10.3. The van der Waals surface area contributed by atoms with Crippen LogP contribution in [0.1, 0.15) is 12.8 Å². The van der Waals surface area contributed by atoms with Crippen molar-refractivity contribution in [2.75, 3.05) is 5.73 Å². The quantitative estimate of drug-likeness (QED) is 0.825. The van der Waals surface area contributed by atoms with Crippen LogP contribution in [0.15, 0.2) is 30.6 Å². The summed E-state index contributed by atoms with van der Waals surface area (Å²) in [6.45, 7) is 0.954. The third-order valence-electron chi connectivity index (χ3n) is 3.10. The molecular weight excluding hydrogens is 217 g/mol. The number of hydrogen-bond acceptors (Lipinski definition) is 2. The summed E-state index contributed by atoms with van der Waals surface area (Å²) >= 11 is 0. The van der Waals surface area contributed by atoms with Gasteiger partial charge in [0.25, 0.3) is 0 Å². The third kappa shape index (κ3) is 2.16. The lowest BCUT2D eigenvalue weighted by Crippen LogP contribution is -1.99. The standard InChI is InChI=1S/C13H14FN3/c14-11-3-4-13(15)12(5-11)10-6-16-17(8-10)7-9-1-2-9/h3-6,8-9H,1-2,7,15H2. The molecule has 1 aliphatic rings. The summed E-state index contributed by atoms with van der Waals surface area (Å²) in [5.74, 6) is 0.497. The number of hydrogen-bond donors (Lipinski definition) is 1. The molecular formula is C13H14FN3. The SMILES string of the molecule is Nc1ccc(F)cc1-c1cnn(CC2CC2)c1. The summed E-state index contributed by atoms with van der Waals surface area (Å²) in [7, 11) is 0. The van der Waals surface area contributed by atoms with Crippen LogP contribution in [0.5, 0.6) is 0 Å². The van der Waals surface area contributed by atoms with Crippen LogP contribution in [0, 0.1) is 11.7 Å². The maximum atomic E-state index is 13.2. The first-order valence-corrected chi connectivity index (χ1v) is 5.80. The van der Waals surface area contributed by atoms with E-state index in [1.165, 1.54) is 25.0 Å². The molecule has 0 aliphatic heterocycles. The molecule has 0 saturated heterocycles. The lowest BCUT2D eigenvalue weighted by atomic mass is 10.1. The molecule has 2 N–H and O–H groups in total. The number of nitrogens with zero attached hydrogens (tertiary/aromatic N) is 2. The summed E-state index contributed by atoms with van der Waals surface area (Å²) < 4.78 is 15.1. The normalized spacial score (nSPS) is 15.1. The van der Waals surface area contributed by atoms with Gasteiger partial charge in [-0.3, -0.25) is 4.68 Å². The number of benzene rings is 1. The van der Waals surface area contributed by atoms with E-state index in [0.29, 0.717) is 11.3 Å². The van der Waals surface area contributed by atoms with E-state index in [0.717, 1.165) is 18.0 Å². The Morgan fingerprint density at radius 2 is 2.24 bits per heavy atom. The lowest BCUT2D eigenvalue weighted by Gasteiger charge is -2.02. The summed E-state index contributed by atoms with van der Waals surface area (Å²) in [5.41, 5.74) is 8.01. The van der Waals surface area contributed by atoms with E-state index in [4.69, 9.17) is 5.73 Å². The Morgan fingerprint density at radius 3 is 3.00 bits per heavy atom. The van der Waals surface area contributed by atoms with Gasteiger partial charge in [-0.2, -0.15) is 5.10 Å². The van der Waals surface area contributed by atoms with Gasteiger partial charge in [-0.05, 0) is 37.0 Å². The van der Waals surface area contributed by atoms with Crippen molar-refractivity contribution in [3.05, 3.63) is 36.4 Å². The predicted molar refractivity (Wildman–Crippen MR) is 64.8 cm³/mol. The molecule has 1 saturated carbocycles. The van der Waals surface area contributed by atoms with Gasteiger partial charge in [-0.15, -0.1) is 0 Å². The van der Waals surface area contributed by atoms with Crippen molar-refractivity contribution in [2.45, 2.75) is 19.4 Å². The summed E-state index contributed by atoms with van der Waals surface area (Å²) in [6, 6.07) is 4.41. The maximum absolute atomic E-state index is 13.2. The van der Waals surface area contributed by atoms with Crippen LogP contribution in [-0.4, -0.2) is 9.78 Å². The Morgan fingerprint density at radius 1 is 1.41 bits per heavy atom. The molecule has 3 nitrogen and oxygen atoms in total. The second-order valence-corrected chi connectivity index (χ2v) is 4.63. The van der Waals surface area contributed by atoms with E-state index in [1.54, 1.807) is 12.3 Å². The molecule has 3 rings (SSSR count). The summed E-state index contributed by atoms with van der Waals surface area (Å²) in [6.07, 6.45) is 6.26. The highest BCUT2D eigenvalue weighted by molar-refractivity contribution is 5.75. The Hall–Kier alpha value is -1.84. The van der Waals surface area contributed by atoms with Crippen LogP contribution in [0.3, 0.4) is 0 Å². The average molecular weight is 231 g/mol. The van der Waals surface area contributed by atoms with Crippen molar-refractivity contribution < 1.29 is 4.39 Å². The van der Waals surface area contributed by atoms with Gasteiger partial charge in [0.1, 0.15) is 5.82 Å². The van der Waals surface area contributed by atoms with E-state index in [-0.39, 0.29) is 5.82 Å². The summed E-state index contributed by atoms with van der Waals surface area (Å²) in [5, 5.41) is 4.28. The molecule has 4 heteroatoms. The molecule has 1 aromatic carbocycles. The molecule has 0 bridgehead atoms. The fraction of sp³-hybridized carbons (Fsp3) is 0.308. The minimum atomic E-state index is -0.274. The van der Waals surface area contributed by atoms with E-state index in [9.17, 15) is 4.39 Å². The van der Waals surface area contributed by atoms with Crippen LogP contribution < -0.4 is 5.73 Å². The predicted octanol–water partition coefficient (Wildman–Crippen LogP) is 2.68. The van der Waals surface area contributed by atoms with Gasteiger partial charge in [0.15, 0.2) is 0 Å². The zero-order valence-electron chi connectivity index (χ0n) is 9.44. The van der Waals surface area contributed by atoms with Crippen LogP contribution in [0.25, 0.3) is 11.1 Å². The molecule has 0 unspecified atom stereocenters. The van der Waals surface area contributed by atoms with E-state index >= 15 is 0 Å². The highest BCUT2D eigenvalue weighted by Crippen LogP contribution is 2.31. The number of nitrogens with two attached hydrogens (primary N) is 1. The first-order chi connectivity index (χ1) is 8.22. The number of rotatable bonds is 3. The van der Waals surface area contributed by atoms with E-state index in [1.807, 2.05) is 10.9 Å². The Kier molecular flexibility index (Phi) is 2.35. The topological polar surface area (TPSA) is 43.8 Å². The smallest absolute Gasteiger partial charge is 0.123 e. The fourth-order valence-corrected chi connectivity index (χ4v) is 1.95. The van der Waals surface area contributed by atoms with Crippen molar-refractivity contribution in [2.24, 2.45) is 5.92 Å². The van der Waals surface area contributed by atoms with Crippen LogP contribution >= 0.6 is 0 Å². The monoisotopic (exact) mass is 231 g/mol. The molecule has 0 atom stereocenters. The molecule has 88 valence electrons. The van der Waals surface area contributed by atoms with Gasteiger partial charge >= 0.3 is 0 Å². The molecule has 17 heavy (non-hydrogen) atoms. The molecule has 1 heterocycles.